The molecule has 0 bridgehead atoms. The average Bonchev–Trinajstić information content (AvgIpc) is 3.18. The van der Waals surface area contributed by atoms with E-state index in [1.165, 1.54) is 11.1 Å². The highest BCUT2D eigenvalue weighted by Gasteiger charge is 2.46. The van der Waals surface area contributed by atoms with Gasteiger partial charge in [0, 0.05) is 0 Å². The van der Waals surface area contributed by atoms with Gasteiger partial charge in [0.15, 0.2) is 4.90 Å². The first-order valence-corrected chi connectivity index (χ1v) is 10.1. The first-order valence-electron chi connectivity index (χ1n) is 8.81. The van der Waals surface area contributed by atoms with Gasteiger partial charge in [-0.3, -0.25) is 0 Å². The standard InChI is InChI=1S/C21H30O2S/c1-17(13-14-20-21(3,4)23-20)9-8-10-18(2)15-16-24(22)19-11-6-5-7-12-19/h5-7,9,11-12,15,20H,8,10,13-14,16H2,1-4H3. The molecular formula is C21H30O2S. The molecule has 1 aromatic carbocycles. The van der Waals surface area contributed by atoms with Crippen LogP contribution in [0.25, 0.3) is 0 Å². The highest BCUT2D eigenvalue weighted by atomic mass is 32.2. The molecular weight excluding hydrogens is 316 g/mol. The molecule has 2 unspecified atom stereocenters. The van der Waals surface area contributed by atoms with E-state index >= 15 is 0 Å². The van der Waals surface area contributed by atoms with Gasteiger partial charge in [-0.25, -0.2) is 0 Å². The molecule has 0 aromatic heterocycles. The van der Waals surface area contributed by atoms with Crippen LogP contribution in [-0.2, 0) is 15.9 Å². The fourth-order valence-electron chi connectivity index (χ4n) is 2.73. The Kier molecular flexibility index (Phi) is 7.15. The lowest BCUT2D eigenvalue weighted by Gasteiger charge is -2.08. The number of hydrogen-bond acceptors (Lipinski definition) is 2. The van der Waals surface area contributed by atoms with Gasteiger partial charge >= 0.3 is 0 Å². The van der Waals surface area contributed by atoms with Crippen LogP contribution in [0.2, 0.25) is 0 Å². The molecule has 1 aromatic rings. The van der Waals surface area contributed by atoms with Gasteiger partial charge in [0.05, 0.1) is 11.7 Å². The van der Waals surface area contributed by atoms with Crippen molar-refractivity contribution in [3.8, 4) is 0 Å². The molecule has 1 aliphatic heterocycles. The number of benzene rings is 1. The van der Waals surface area contributed by atoms with Gasteiger partial charge in [-0.1, -0.05) is 35.4 Å². The fraction of sp³-hybridized carbons (Fsp3) is 0.524. The number of hydrogen-bond donors (Lipinski definition) is 0. The van der Waals surface area contributed by atoms with E-state index in [1.807, 2.05) is 30.3 Å². The zero-order valence-electron chi connectivity index (χ0n) is 15.4. The Morgan fingerprint density at radius 1 is 1.12 bits per heavy atom. The van der Waals surface area contributed by atoms with Crippen LogP contribution in [0.4, 0.5) is 0 Å². The van der Waals surface area contributed by atoms with Gasteiger partial charge in [0.25, 0.3) is 0 Å². The Bertz CT molecular complexity index is 575. The lowest BCUT2D eigenvalue weighted by molar-refractivity contribution is 0.320. The molecule has 1 heterocycles. The molecule has 0 amide bonds. The van der Waals surface area contributed by atoms with Crippen molar-refractivity contribution in [1.29, 1.82) is 0 Å². The fourth-order valence-corrected chi connectivity index (χ4v) is 3.82. The summed E-state index contributed by atoms with van der Waals surface area (Å²) in [7, 11) is 0. The molecule has 0 aliphatic carbocycles. The molecule has 1 aliphatic rings. The zero-order chi connectivity index (χ0) is 17.6. The van der Waals surface area contributed by atoms with Gasteiger partial charge in [0.2, 0.25) is 0 Å². The Labute approximate surface area is 150 Å². The van der Waals surface area contributed by atoms with Crippen LogP contribution in [0.1, 0.15) is 53.4 Å². The summed E-state index contributed by atoms with van der Waals surface area (Å²) in [6, 6.07) is 9.68. The van der Waals surface area contributed by atoms with Crippen LogP contribution in [0.15, 0.2) is 58.5 Å². The summed E-state index contributed by atoms with van der Waals surface area (Å²) in [6.07, 6.45) is 9.23. The average molecular weight is 347 g/mol. The second-order valence-electron chi connectivity index (χ2n) is 7.21. The molecule has 1 saturated heterocycles. The predicted molar refractivity (Wildman–Crippen MR) is 103 cm³/mol. The van der Waals surface area contributed by atoms with Crippen LogP contribution in [0.3, 0.4) is 0 Å². The van der Waals surface area contributed by atoms with Crippen molar-refractivity contribution < 1.29 is 9.29 Å². The molecule has 0 spiro atoms. The van der Waals surface area contributed by atoms with Crippen molar-refractivity contribution in [2.45, 2.75) is 70.0 Å². The van der Waals surface area contributed by atoms with Gasteiger partial charge in [-0.15, -0.1) is 0 Å². The van der Waals surface area contributed by atoms with E-state index in [9.17, 15) is 4.55 Å². The molecule has 0 radical (unpaired) electrons. The van der Waals surface area contributed by atoms with E-state index < -0.39 is 11.2 Å². The number of rotatable bonds is 9. The summed E-state index contributed by atoms with van der Waals surface area (Å²) in [5, 5.41) is 0. The smallest absolute Gasteiger partial charge is 0.152 e. The van der Waals surface area contributed by atoms with Crippen molar-refractivity contribution in [1.82, 2.24) is 0 Å². The number of epoxide rings is 1. The third kappa shape index (κ3) is 6.46. The maximum absolute atomic E-state index is 12.2. The van der Waals surface area contributed by atoms with E-state index in [0.717, 1.165) is 30.6 Å². The maximum Gasteiger partial charge on any atom is 0.152 e. The zero-order valence-corrected chi connectivity index (χ0v) is 16.2. The monoisotopic (exact) mass is 346 g/mol. The molecule has 3 heteroatoms. The van der Waals surface area contributed by atoms with Crippen molar-refractivity contribution in [2.75, 3.05) is 5.75 Å². The van der Waals surface area contributed by atoms with Crippen LogP contribution < -0.4 is 0 Å². The quantitative estimate of drug-likeness (QED) is 0.340. The van der Waals surface area contributed by atoms with Crippen molar-refractivity contribution in [2.24, 2.45) is 0 Å². The molecule has 24 heavy (non-hydrogen) atoms. The molecule has 0 N–H and O–H groups in total. The van der Waals surface area contributed by atoms with Crippen LogP contribution in [0, 0.1) is 0 Å². The van der Waals surface area contributed by atoms with E-state index in [1.54, 1.807) is 0 Å². The topological polar surface area (TPSA) is 35.6 Å². The summed E-state index contributed by atoms with van der Waals surface area (Å²) in [5.41, 5.74) is 2.87. The molecule has 0 saturated carbocycles. The van der Waals surface area contributed by atoms with Gasteiger partial charge in [-0.05, 0) is 82.8 Å². The van der Waals surface area contributed by atoms with E-state index in [4.69, 9.17) is 4.74 Å². The third-order valence-corrected chi connectivity index (χ3v) is 5.85. The predicted octanol–water partition coefficient (Wildman–Crippen LogP) is 5.42. The first-order chi connectivity index (χ1) is 11.4. The van der Waals surface area contributed by atoms with E-state index in [-0.39, 0.29) is 5.60 Å². The highest BCUT2D eigenvalue weighted by molar-refractivity contribution is 7.91. The summed E-state index contributed by atoms with van der Waals surface area (Å²) in [4.78, 5) is 0.905. The lowest BCUT2D eigenvalue weighted by atomic mass is 10.0. The summed E-state index contributed by atoms with van der Waals surface area (Å²) in [6.45, 7) is 8.65. The Hall–Kier alpha value is -1.03. The molecule has 2 atom stereocenters. The second-order valence-corrected chi connectivity index (χ2v) is 8.71. The Balaban J connectivity index is 1.66. The lowest BCUT2D eigenvalue weighted by Crippen LogP contribution is -2.04. The van der Waals surface area contributed by atoms with Crippen molar-refractivity contribution >= 4 is 11.2 Å². The highest BCUT2D eigenvalue weighted by Crippen LogP contribution is 2.38. The van der Waals surface area contributed by atoms with Gasteiger partial charge < -0.3 is 9.29 Å². The van der Waals surface area contributed by atoms with Gasteiger partial charge in [0.1, 0.15) is 5.75 Å². The minimum Gasteiger partial charge on any atom is -0.611 e. The SMILES string of the molecule is CC(=CC[S+]([O-])c1ccccc1)CCC=C(C)CCC1OC1(C)C. The normalized spacial score (nSPS) is 21.6. The Morgan fingerprint density at radius 2 is 1.75 bits per heavy atom. The summed E-state index contributed by atoms with van der Waals surface area (Å²) < 4.78 is 17.8. The summed E-state index contributed by atoms with van der Waals surface area (Å²) in [5.74, 6) is 0.604. The molecule has 2 rings (SSSR count). The molecule has 132 valence electrons. The minimum absolute atomic E-state index is 0.105. The maximum atomic E-state index is 12.2. The van der Waals surface area contributed by atoms with E-state index in [2.05, 4.69) is 39.8 Å². The van der Waals surface area contributed by atoms with Crippen LogP contribution >= 0.6 is 0 Å². The van der Waals surface area contributed by atoms with Crippen molar-refractivity contribution in [3.63, 3.8) is 0 Å². The summed E-state index contributed by atoms with van der Waals surface area (Å²) >= 11 is -0.933. The first kappa shape index (κ1) is 19.3. The number of ether oxygens (including phenoxy) is 1. The molecule has 1 fully saturated rings. The largest absolute Gasteiger partial charge is 0.611 e. The third-order valence-electron chi connectivity index (χ3n) is 4.59. The van der Waals surface area contributed by atoms with Crippen LogP contribution in [0.5, 0.6) is 0 Å². The minimum atomic E-state index is -0.933. The van der Waals surface area contributed by atoms with Crippen LogP contribution in [-0.4, -0.2) is 22.0 Å². The van der Waals surface area contributed by atoms with Crippen molar-refractivity contribution in [3.05, 3.63) is 53.6 Å². The molecule has 2 nitrogen and oxygen atoms in total. The van der Waals surface area contributed by atoms with E-state index in [0.29, 0.717) is 11.9 Å². The Morgan fingerprint density at radius 3 is 2.38 bits per heavy atom. The van der Waals surface area contributed by atoms with Gasteiger partial charge in [-0.2, -0.15) is 0 Å². The second kappa shape index (κ2) is 8.89. The number of allylic oxidation sites excluding steroid dienone is 3.